The molecule has 6 nitrogen and oxygen atoms in total. The second-order valence-electron chi connectivity index (χ2n) is 9.42. The van der Waals surface area contributed by atoms with Crippen LogP contribution in [0.25, 0.3) is 0 Å². The molecule has 1 aromatic heterocycles. The fraction of sp³-hybridized carbons (Fsp3) is 0.233. The van der Waals surface area contributed by atoms with Crippen LogP contribution in [0.2, 0.25) is 0 Å². The fourth-order valence-electron chi connectivity index (χ4n) is 4.99. The van der Waals surface area contributed by atoms with Gasteiger partial charge in [-0.1, -0.05) is 72.8 Å². The van der Waals surface area contributed by atoms with Gasteiger partial charge in [-0.25, -0.2) is 4.98 Å². The van der Waals surface area contributed by atoms with E-state index in [0.717, 1.165) is 11.1 Å². The third-order valence-electron chi connectivity index (χ3n) is 6.80. The number of alkyl halides is 3. The van der Waals surface area contributed by atoms with E-state index in [1.54, 1.807) is 16.4 Å². The van der Waals surface area contributed by atoms with Crippen LogP contribution in [0.15, 0.2) is 89.7 Å². The summed E-state index contributed by atoms with van der Waals surface area (Å²) >= 11 is 0. The maximum absolute atomic E-state index is 13.8. The van der Waals surface area contributed by atoms with Crippen molar-refractivity contribution < 1.29 is 22.7 Å². The van der Waals surface area contributed by atoms with Crippen LogP contribution in [0.3, 0.4) is 0 Å². The van der Waals surface area contributed by atoms with Gasteiger partial charge in [0, 0.05) is 12.1 Å². The Morgan fingerprint density at radius 2 is 1.54 bits per heavy atom. The molecular formula is C30H26F3N3O3. The highest BCUT2D eigenvalue weighted by molar-refractivity contribution is 5.79. The van der Waals surface area contributed by atoms with E-state index in [4.69, 9.17) is 4.98 Å². The van der Waals surface area contributed by atoms with Gasteiger partial charge in [-0.05, 0) is 42.2 Å². The molecule has 1 amide bonds. The lowest BCUT2D eigenvalue weighted by Gasteiger charge is -2.30. The van der Waals surface area contributed by atoms with Gasteiger partial charge in [-0.2, -0.15) is 0 Å². The van der Waals surface area contributed by atoms with Gasteiger partial charge in [0.15, 0.2) is 0 Å². The molecule has 9 heteroatoms. The number of nitrogens with zero attached hydrogens (tertiary/aromatic N) is 3. The highest BCUT2D eigenvalue weighted by atomic mass is 19.4. The molecule has 1 aliphatic heterocycles. The molecule has 0 N–H and O–H groups in total. The summed E-state index contributed by atoms with van der Waals surface area (Å²) in [5, 5.41) is 0. The van der Waals surface area contributed by atoms with Crippen molar-refractivity contribution in [1.82, 2.24) is 14.5 Å². The molecule has 200 valence electrons. The van der Waals surface area contributed by atoms with Gasteiger partial charge in [0.2, 0.25) is 5.91 Å². The SMILES string of the molecule is Cc1nc2c(c(=O)n1C(c1ccccc1)c1ccccc1)CCN(C(=O)Cc1ccc(OC(F)(F)F)cc1)C2. The summed E-state index contributed by atoms with van der Waals surface area (Å²) in [4.78, 5) is 33.3. The van der Waals surface area contributed by atoms with Crippen molar-refractivity contribution in [3.63, 3.8) is 0 Å². The Morgan fingerprint density at radius 3 is 2.10 bits per heavy atom. The van der Waals surface area contributed by atoms with Gasteiger partial charge in [0.25, 0.3) is 5.56 Å². The molecule has 0 saturated heterocycles. The third-order valence-corrected chi connectivity index (χ3v) is 6.80. The van der Waals surface area contributed by atoms with Crippen LogP contribution in [-0.4, -0.2) is 33.3 Å². The number of hydrogen-bond acceptors (Lipinski definition) is 4. The summed E-state index contributed by atoms with van der Waals surface area (Å²) in [6.07, 6.45) is -4.39. The Morgan fingerprint density at radius 1 is 0.949 bits per heavy atom. The number of aromatic nitrogens is 2. The van der Waals surface area contributed by atoms with E-state index in [-0.39, 0.29) is 36.2 Å². The first kappa shape index (κ1) is 26.2. The van der Waals surface area contributed by atoms with Gasteiger partial charge >= 0.3 is 6.36 Å². The molecule has 0 saturated carbocycles. The van der Waals surface area contributed by atoms with E-state index in [2.05, 4.69) is 4.74 Å². The van der Waals surface area contributed by atoms with Gasteiger partial charge < -0.3 is 9.64 Å². The molecule has 0 fully saturated rings. The average molecular weight is 534 g/mol. The van der Waals surface area contributed by atoms with Crippen molar-refractivity contribution in [2.24, 2.45) is 0 Å². The molecule has 4 aromatic rings. The monoisotopic (exact) mass is 533 g/mol. The van der Waals surface area contributed by atoms with E-state index in [1.807, 2.05) is 60.7 Å². The summed E-state index contributed by atoms with van der Waals surface area (Å²) in [5.41, 5.74) is 3.54. The number of fused-ring (bicyclic) bond motifs is 1. The number of benzene rings is 3. The number of hydrogen-bond donors (Lipinski definition) is 0. The molecule has 0 spiro atoms. The molecule has 0 atom stereocenters. The summed E-state index contributed by atoms with van der Waals surface area (Å²) in [6, 6.07) is 24.5. The van der Waals surface area contributed by atoms with Crippen LogP contribution in [0.1, 0.15) is 39.8 Å². The number of rotatable bonds is 6. The first-order chi connectivity index (χ1) is 18.7. The number of carbonyl (C=O) groups excluding carboxylic acids is 1. The molecule has 3 aromatic carbocycles. The van der Waals surface area contributed by atoms with E-state index in [1.165, 1.54) is 24.3 Å². The Labute approximate surface area is 223 Å². The van der Waals surface area contributed by atoms with Crippen molar-refractivity contribution in [2.45, 2.75) is 38.7 Å². The topological polar surface area (TPSA) is 64.4 Å². The predicted molar refractivity (Wildman–Crippen MR) is 139 cm³/mol. The molecule has 1 aliphatic rings. The van der Waals surface area contributed by atoms with Crippen LogP contribution >= 0.6 is 0 Å². The summed E-state index contributed by atoms with van der Waals surface area (Å²) in [7, 11) is 0. The molecular weight excluding hydrogens is 507 g/mol. The molecule has 0 aliphatic carbocycles. The van der Waals surface area contributed by atoms with E-state index >= 15 is 0 Å². The maximum Gasteiger partial charge on any atom is 0.573 e. The lowest BCUT2D eigenvalue weighted by Crippen LogP contribution is -2.42. The van der Waals surface area contributed by atoms with E-state index in [0.29, 0.717) is 35.6 Å². The molecule has 0 unspecified atom stereocenters. The Hall–Kier alpha value is -4.40. The van der Waals surface area contributed by atoms with Gasteiger partial charge in [0.1, 0.15) is 11.6 Å². The standard InChI is InChI=1S/C30H26F3N3O3/c1-20-34-26-19-35(27(37)18-21-12-14-24(15-13-21)39-30(31,32)33)17-16-25(26)29(38)36(20)28(22-8-4-2-5-9-22)23-10-6-3-7-11-23/h2-15,28H,16-19H2,1H3. The highest BCUT2D eigenvalue weighted by Crippen LogP contribution is 2.28. The summed E-state index contributed by atoms with van der Waals surface area (Å²) in [5.74, 6) is 0.0112. The summed E-state index contributed by atoms with van der Waals surface area (Å²) in [6.45, 7) is 2.34. The molecule has 0 bridgehead atoms. The minimum absolute atomic E-state index is 0.0156. The number of ether oxygens (including phenoxy) is 1. The van der Waals surface area contributed by atoms with Crippen LogP contribution in [0.4, 0.5) is 13.2 Å². The van der Waals surface area contributed by atoms with E-state index < -0.39 is 6.36 Å². The van der Waals surface area contributed by atoms with Crippen molar-refractivity contribution in [3.05, 3.63) is 129 Å². The largest absolute Gasteiger partial charge is 0.573 e. The maximum atomic E-state index is 13.8. The van der Waals surface area contributed by atoms with Gasteiger partial charge in [0.05, 0.1) is 24.7 Å². The van der Waals surface area contributed by atoms with Crippen LogP contribution < -0.4 is 10.3 Å². The van der Waals surface area contributed by atoms with Crippen LogP contribution in [0.5, 0.6) is 5.75 Å². The molecule has 2 heterocycles. The summed E-state index contributed by atoms with van der Waals surface area (Å²) < 4.78 is 42.8. The Bertz CT molecular complexity index is 1480. The van der Waals surface area contributed by atoms with Crippen LogP contribution in [0, 0.1) is 6.92 Å². The lowest BCUT2D eigenvalue weighted by molar-refractivity contribution is -0.274. The second-order valence-corrected chi connectivity index (χ2v) is 9.42. The van der Waals surface area contributed by atoms with Gasteiger partial charge in [-0.15, -0.1) is 13.2 Å². The van der Waals surface area contributed by atoms with Crippen molar-refractivity contribution in [2.75, 3.05) is 6.54 Å². The lowest BCUT2D eigenvalue weighted by atomic mass is 9.97. The first-order valence-corrected chi connectivity index (χ1v) is 12.5. The van der Waals surface area contributed by atoms with E-state index in [9.17, 15) is 22.8 Å². The quantitative estimate of drug-likeness (QED) is 0.341. The zero-order valence-electron chi connectivity index (χ0n) is 21.2. The third kappa shape index (κ3) is 5.87. The first-order valence-electron chi connectivity index (χ1n) is 12.5. The minimum Gasteiger partial charge on any atom is -0.406 e. The van der Waals surface area contributed by atoms with Crippen molar-refractivity contribution >= 4 is 5.91 Å². The Kier molecular flexibility index (Phi) is 7.24. The normalized spacial score (nSPS) is 13.3. The number of aryl methyl sites for hydroxylation is 1. The Balaban J connectivity index is 1.39. The smallest absolute Gasteiger partial charge is 0.406 e. The molecule has 5 rings (SSSR count). The molecule has 39 heavy (non-hydrogen) atoms. The fourth-order valence-corrected chi connectivity index (χ4v) is 4.99. The zero-order valence-corrected chi connectivity index (χ0v) is 21.2. The minimum atomic E-state index is -4.77. The van der Waals surface area contributed by atoms with Crippen molar-refractivity contribution in [1.29, 1.82) is 0 Å². The van der Waals surface area contributed by atoms with Crippen molar-refractivity contribution in [3.8, 4) is 5.75 Å². The number of amides is 1. The average Bonchev–Trinajstić information content (AvgIpc) is 2.92. The number of carbonyl (C=O) groups is 1. The second kappa shape index (κ2) is 10.8. The van der Waals surface area contributed by atoms with Crippen LogP contribution in [-0.2, 0) is 24.2 Å². The van der Waals surface area contributed by atoms with Gasteiger partial charge in [-0.3, -0.25) is 14.2 Å². The molecule has 0 radical (unpaired) electrons. The highest BCUT2D eigenvalue weighted by Gasteiger charge is 2.31. The predicted octanol–water partition coefficient (Wildman–Crippen LogP) is 5.22. The zero-order chi connectivity index (χ0) is 27.6. The number of halogens is 3.